The molecule has 11 heteroatoms. The van der Waals surface area contributed by atoms with E-state index in [1.54, 1.807) is 6.07 Å². The van der Waals surface area contributed by atoms with Crippen LogP contribution >= 0.6 is 0 Å². The molecule has 3 N–H and O–H groups in total. The molecule has 3 rings (SSSR count). The van der Waals surface area contributed by atoms with Crippen LogP contribution in [0.25, 0.3) is 0 Å². The van der Waals surface area contributed by atoms with E-state index >= 15 is 0 Å². The highest BCUT2D eigenvalue weighted by Crippen LogP contribution is 2.33. The van der Waals surface area contributed by atoms with Crippen LogP contribution in [0, 0.1) is 15.9 Å². The number of amides is 2. The number of carbonyl (C=O) groups is 2. The molecule has 0 saturated heterocycles. The van der Waals surface area contributed by atoms with Crippen molar-refractivity contribution in [3.05, 3.63) is 93.3 Å². The maximum absolute atomic E-state index is 13.0. The molecule has 168 valence electrons. The first-order valence-electron chi connectivity index (χ1n) is 9.34. The van der Waals surface area contributed by atoms with Gasteiger partial charge in [-0.05, 0) is 48.5 Å². The molecule has 0 atom stereocenters. The zero-order chi connectivity index (χ0) is 24.0. The van der Waals surface area contributed by atoms with Crippen LogP contribution in [0.3, 0.4) is 0 Å². The number of hydrogen-bond donors (Lipinski definition) is 3. The second-order valence-electron chi connectivity index (χ2n) is 6.58. The van der Waals surface area contributed by atoms with Crippen molar-refractivity contribution in [2.75, 3.05) is 12.4 Å². The van der Waals surface area contributed by atoms with Crippen LogP contribution in [-0.4, -0.2) is 35.2 Å². The van der Waals surface area contributed by atoms with Gasteiger partial charge in [0.05, 0.1) is 24.3 Å². The molecule has 0 aliphatic heterocycles. The Bertz CT molecular complexity index is 1240. The Hall–Kier alpha value is -4.80. The molecule has 0 aliphatic rings. The first-order valence-corrected chi connectivity index (χ1v) is 9.34. The van der Waals surface area contributed by atoms with Crippen LogP contribution in [0.2, 0.25) is 0 Å². The Morgan fingerprint density at radius 1 is 1.09 bits per heavy atom. The highest BCUT2D eigenvalue weighted by atomic mass is 19.1. The lowest BCUT2D eigenvalue weighted by Gasteiger charge is -2.07. The number of carbonyl (C=O) groups excluding carboxylic acids is 2. The van der Waals surface area contributed by atoms with Crippen molar-refractivity contribution < 1.29 is 28.7 Å². The van der Waals surface area contributed by atoms with Crippen molar-refractivity contribution in [3.63, 3.8) is 0 Å². The zero-order valence-electron chi connectivity index (χ0n) is 17.1. The molecule has 0 fully saturated rings. The number of halogens is 1. The van der Waals surface area contributed by atoms with Crippen molar-refractivity contribution in [1.82, 2.24) is 5.43 Å². The van der Waals surface area contributed by atoms with Crippen LogP contribution in [0.1, 0.15) is 26.3 Å². The summed E-state index contributed by atoms with van der Waals surface area (Å²) in [5.41, 5.74) is 2.33. The summed E-state index contributed by atoms with van der Waals surface area (Å²) in [6, 6.07) is 13.3. The number of aromatic hydroxyl groups is 1. The van der Waals surface area contributed by atoms with E-state index in [9.17, 15) is 29.2 Å². The largest absolute Gasteiger partial charge is 0.502 e. The molecule has 33 heavy (non-hydrogen) atoms. The van der Waals surface area contributed by atoms with Crippen molar-refractivity contribution in [3.8, 4) is 11.5 Å². The first-order chi connectivity index (χ1) is 15.8. The normalized spacial score (nSPS) is 10.6. The van der Waals surface area contributed by atoms with Gasteiger partial charge < -0.3 is 15.2 Å². The molecule has 0 spiro atoms. The van der Waals surface area contributed by atoms with E-state index in [1.165, 1.54) is 43.5 Å². The van der Waals surface area contributed by atoms with Crippen molar-refractivity contribution in [1.29, 1.82) is 0 Å². The number of benzene rings is 3. The lowest BCUT2D eigenvalue weighted by atomic mass is 10.1. The molecule has 2 amide bonds. The highest BCUT2D eigenvalue weighted by Gasteiger charge is 2.19. The molecule has 10 nitrogen and oxygen atoms in total. The van der Waals surface area contributed by atoms with E-state index in [0.29, 0.717) is 5.69 Å². The molecule has 0 aliphatic carbocycles. The molecule has 0 saturated carbocycles. The predicted molar refractivity (Wildman–Crippen MR) is 117 cm³/mol. The molecule has 3 aromatic rings. The number of hydrogen-bond acceptors (Lipinski definition) is 7. The van der Waals surface area contributed by atoms with Gasteiger partial charge in [0.1, 0.15) is 11.6 Å². The van der Waals surface area contributed by atoms with Gasteiger partial charge in [0.25, 0.3) is 11.8 Å². The van der Waals surface area contributed by atoms with Crippen LogP contribution in [0.5, 0.6) is 11.5 Å². The highest BCUT2D eigenvalue weighted by molar-refractivity contribution is 6.05. The zero-order valence-corrected chi connectivity index (χ0v) is 17.1. The minimum Gasteiger partial charge on any atom is -0.502 e. The van der Waals surface area contributed by atoms with Gasteiger partial charge in [0, 0.05) is 22.4 Å². The summed E-state index contributed by atoms with van der Waals surface area (Å²) < 4.78 is 18.0. The molecular formula is C22H17FN4O6. The Labute approximate surface area is 186 Å². The van der Waals surface area contributed by atoms with E-state index in [1.807, 2.05) is 0 Å². The van der Waals surface area contributed by atoms with Crippen molar-refractivity contribution in [2.45, 2.75) is 0 Å². The molecular weight excluding hydrogens is 435 g/mol. The quantitative estimate of drug-likeness (QED) is 0.285. The summed E-state index contributed by atoms with van der Waals surface area (Å²) in [5, 5.41) is 27.4. The number of nitrogens with one attached hydrogen (secondary N) is 2. The molecule has 0 bridgehead atoms. The summed E-state index contributed by atoms with van der Waals surface area (Å²) >= 11 is 0. The minimum absolute atomic E-state index is 0.0401. The van der Waals surface area contributed by atoms with Gasteiger partial charge in [0.2, 0.25) is 5.75 Å². The third kappa shape index (κ3) is 5.67. The van der Waals surface area contributed by atoms with Crippen LogP contribution < -0.4 is 15.5 Å². The van der Waals surface area contributed by atoms with E-state index in [4.69, 9.17) is 4.74 Å². The second kappa shape index (κ2) is 10.0. The number of ether oxygens (including phenoxy) is 1. The molecule has 0 unspecified atom stereocenters. The summed E-state index contributed by atoms with van der Waals surface area (Å²) in [7, 11) is 1.31. The van der Waals surface area contributed by atoms with Gasteiger partial charge in [-0.15, -0.1) is 0 Å². The standard InChI is InChI=1S/C22H17FN4O6/c1-33-18-10-15(20(28)19(11-18)27(31)32)12-24-26-22(30)14-3-2-4-17(9-14)25-21(29)13-5-7-16(23)8-6-13/h2-12,28H,1H3,(H,25,29)(H,26,30)/b24-12-. The number of methoxy groups -OCH3 is 1. The number of nitro benzene ring substituents is 1. The number of hydrazone groups is 1. The summed E-state index contributed by atoms with van der Waals surface area (Å²) in [6.45, 7) is 0. The third-order valence-electron chi connectivity index (χ3n) is 4.38. The number of anilines is 1. The maximum Gasteiger partial charge on any atom is 0.315 e. The van der Waals surface area contributed by atoms with Gasteiger partial charge in [-0.25, -0.2) is 9.82 Å². The lowest BCUT2D eigenvalue weighted by molar-refractivity contribution is -0.385. The van der Waals surface area contributed by atoms with E-state index in [0.717, 1.165) is 24.4 Å². The van der Waals surface area contributed by atoms with E-state index in [-0.39, 0.29) is 22.4 Å². The molecule has 3 aromatic carbocycles. The number of nitrogens with zero attached hydrogens (tertiary/aromatic N) is 2. The lowest BCUT2D eigenvalue weighted by Crippen LogP contribution is -2.18. The van der Waals surface area contributed by atoms with Crippen LogP contribution in [0.4, 0.5) is 15.8 Å². The van der Waals surface area contributed by atoms with Gasteiger partial charge in [0.15, 0.2) is 0 Å². The Morgan fingerprint density at radius 3 is 2.48 bits per heavy atom. The SMILES string of the molecule is COc1cc(/C=N\NC(=O)c2cccc(NC(=O)c3ccc(F)cc3)c2)c(O)c([N+](=O)[O-])c1. The van der Waals surface area contributed by atoms with Crippen molar-refractivity contribution in [2.24, 2.45) is 5.10 Å². The molecule has 0 radical (unpaired) electrons. The summed E-state index contributed by atoms with van der Waals surface area (Å²) in [5.74, 6) is -2.11. The fraction of sp³-hybridized carbons (Fsp3) is 0.0455. The van der Waals surface area contributed by atoms with Crippen LogP contribution in [-0.2, 0) is 0 Å². The number of nitro groups is 1. The van der Waals surface area contributed by atoms with Gasteiger partial charge in [-0.1, -0.05) is 6.07 Å². The summed E-state index contributed by atoms with van der Waals surface area (Å²) in [4.78, 5) is 34.9. The van der Waals surface area contributed by atoms with E-state index in [2.05, 4.69) is 15.8 Å². The van der Waals surface area contributed by atoms with Gasteiger partial charge >= 0.3 is 5.69 Å². The minimum atomic E-state index is -0.778. The van der Waals surface area contributed by atoms with E-state index < -0.39 is 34.0 Å². The Kier molecular flexibility index (Phi) is 6.94. The predicted octanol–water partition coefficient (Wildman–Crippen LogP) is 3.46. The number of phenolic OH excluding ortho intramolecular Hbond substituents is 1. The fourth-order valence-corrected chi connectivity index (χ4v) is 2.74. The van der Waals surface area contributed by atoms with Crippen molar-refractivity contribution >= 4 is 29.4 Å². The Morgan fingerprint density at radius 2 is 1.82 bits per heavy atom. The number of rotatable bonds is 7. The smallest absolute Gasteiger partial charge is 0.315 e. The van der Waals surface area contributed by atoms with Gasteiger partial charge in [-0.3, -0.25) is 19.7 Å². The molecule has 0 aromatic heterocycles. The first kappa shape index (κ1) is 22.9. The maximum atomic E-state index is 13.0. The van der Waals surface area contributed by atoms with Gasteiger partial charge in [-0.2, -0.15) is 5.10 Å². The number of phenols is 1. The fourth-order valence-electron chi connectivity index (χ4n) is 2.74. The average molecular weight is 452 g/mol. The monoisotopic (exact) mass is 452 g/mol. The summed E-state index contributed by atoms with van der Waals surface area (Å²) in [6.07, 6.45) is 1.03. The second-order valence-corrected chi connectivity index (χ2v) is 6.58. The van der Waals surface area contributed by atoms with Crippen LogP contribution in [0.15, 0.2) is 65.8 Å². The topological polar surface area (TPSA) is 143 Å². The Balaban J connectivity index is 1.71. The third-order valence-corrected chi connectivity index (χ3v) is 4.38. The molecule has 0 heterocycles. The average Bonchev–Trinajstić information content (AvgIpc) is 2.80.